The van der Waals surface area contributed by atoms with Crippen molar-refractivity contribution in [1.29, 1.82) is 0 Å². The maximum absolute atomic E-state index is 4.67. The Morgan fingerprint density at radius 2 is 1.18 bits per heavy atom. The van der Waals surface area contributed by atoms with Crippen molar-refractivity contribution in [3.63, 3.8) is 0 Å². The molecule has 0 aliphatic heterocycles. The van der Waals surface area contributed by atoms with Gasteiger partial charge in [-0.15, -0.1) is 19.3 Å². The van der Waals surface area contributed by atoms with Crippen LogP contribution in [0.4, 0.5) is 0 Å². The van der Waals surface area contributed by atoms with Gasteiger partial charge in [0.2, 0.25) is 0 Å². The Morgan fingerprint density at radius 1 is 0.750 bits per heavy atom. The second-order valence-electron chi connectivity index (χ2n) is 12.4. The first kappa shape index (κ1) is 37.3. The van der Waals surface area contributed by atoms with E-state index in [1.165, 1.54) is 69.8 Å². The standard InChI is InChI=1S/C33H49P.C4H4.ClH.Pd/c1-23(2)26-21-30(24(3)4)33(31(22-26)25(5)6)29-19-13-14-20-32(29)34(27-15-9-7-10-16-27)28-17-11-8-12-18-28;1-3-4-2;;/h13-14,19-25,27-28H,7-12,15-18H2,1-6H3;1H,2H3;1H;/q;-1;;. The molecule has 3 heteroatoms. The van der Waals surface area contributed by atoms with Gasteiger partial charge in [0.1, 0.15) is 0 Å². The van der Waals surface area contributed by atoms with Crippen LogP contribution >= 0.6 is 20.3 Å². The minimum atomic E-state index is -0.120. The molecule has 0 bridgehead atoms. The van der Waals surface area contributed by atoms with Crippen molar-refractivity contribution in [1.82, 2.24) is 0 Å². The summed E-state index contributed by atoms with van der Waals surface area (Å²) in [6.45, 7) is 16.0. The summed E-state index contributed by atoms with van der Waals surface area (Å²) in [5.41, 5.74) is 9.71. The normalized spacial score (nSPS) is 16.1. The number of hydrogen-bond donors (Lipinski definition) is 0. The Bertz CT molecular complexity index is 991. The van der Waals surface area contributed by atoms with E-state index in [-0.39, 0.29) is 40.8 Å². The summed E-state index contributed by atoms with van der Waals surface area (Å²) in [7, 11) is -0.120. The van der Waals surface area contributed by atoms with E-state index >= 15 is 0 Å². The van der Waals surface area contributed by atoms with Crippen molar-refractivity contribution in [3.8, 4) is 23.5 Å². The molecule has 2 aliphatic rings. The quantitative estimate of drug-likeness (QED) is 0.119. The maximum atomic E-state index is 4.67. The first-order chi connectivity index (χ1) is 18.3. The summed E-state index contributed by atoms with van der Waals surface area (Å²) in [5, 5.41) is 1.75. The third-order valence-electron chi connectivity index (χ3n) is 8.66. The van der Waals surface area contributed by atoms with Gasteiger partial charge < -0.3 is 12.3 Å². The average Bonchev–Trinajstić information content (AvgIpc) is 2.94. The van der Waals surface area contributed by atoms with Crippen LogP contribution in [0.3, 0.4) is 0 Å². The van der Waals surface area contributed by atoms with Crippen LogP contribution in [0.1, 0.15) is 147 Å². The van der Waals surface area contributed by atoms with Crippen LogP contribution < -0.4 is 5.30 Å². The molecule has 40 heavy (non-hydrogen) atoms. The summed E-state index contributed by atoms with van der Waals surface area (Å²) in [6.07, 6.45) is 21.7. The molecule has 0 N–H and O–H groups in total. The van der Waals surface area contributed by atoms with Gasteiger partial charge in [-0.2, -0.15) is 0 Å². The van der Waals surface area contributed by atoms with Crippen LogP contribution in [0.15, 0.2) is 36.4 Å². The fourth-order valence-electron chi connectivity index (χ4n) is 6.59. The number of terminal acetylenes is 1. The molecule has 4 rings (SSSR count). The number of hydrogen-bond acceptors (Lipinski definition) is 0. The number of halogens is 1. The predicted molar refractivity (Wildman–Crippen MR) is 179 cm³/mol. The molecule has 1 radical (unpaired) electrons. The Hall–Kier alpha value is -0.748. The van der Waals surface area contributed by atoms with Crippen molar-refractivity contribution < 1.29 is 20.4 Å². The molecule has 2 fully saturated rings. The zero-order valence-electron chi connectivity index (χ0n) is 26.2. The van der Waals surface area contributed by atoms with Crippen molar-refractivity contribution in [2.24, 2.45) is 0 Å². The summed E-state index contributed by atoms with van der Waals surface area (Å²) in [5.74, 6) is 3.82. The van der Waals surface area contributed by atoms with Crippen LogP contribution in [0.2, 0.25) is 0 Å². The topological polar surface area (TPSA) is 0 Å². The second kappa shape index (κ2) is 18.7. The minimum absolute atomic E-state index is 0. The van der Waals surface area contributed by atoms with Gasteiger partial charge in [0.05, 0.1) is 0 Å². The molecule has 2 aromatic carbocycles. The SMILES string of the molecule is C#C[C-]C.CC(C)c1cc(C(C)C)c(-c2ccccc2P(C2CCCCC2)C2CCCCC2)c(C(C)C)c1.Cl.[Pd]. The fraction of sp³-hybridized carbons (Fsp3) is 0.595. The van der Waals surface area contributed by atoms with Crippen LogP contribution in [0.25, 0.3) is 11.1 Å². The largest absolute Gasteiger partial charge is 0.346 e. The van der Waals surface area contributed by atoms with Crippen molar-refractivity contribution in [3.05, 3.63) is 59.5 Å². The van der Waals surface area contributed by atoms with E-state index in [1.54, 1.807) is 34.5 Å². The van der Waals surface area contributed by atoms with Crippen molar-refractivity contribution >= 4 is 25.6 Å². The Morgan fingerprint density at radius 3 is 1.55 bits per heavy atom. The van der Waals surface area contributed by atoms with Gasteiger partial charge in [-0.25, -0.2) is 6.42 Å². The Labute approximate surface area is 269 Å². The summed E-state index contributed by atoms with van der Waals surface area (Å²) in [4.78, 5) is 0. The molecular weight excluding hydrogens is 617 g/mol. The smallest absolute Gasteiger partial charge is 0 e. The zero-order valence-corrected chi connectivity index (χ0v) is 29.4. The molecule has 0 aromatic heterocycles. The third kappa shape index (κ3) is 9.64. The first-order valence-corrected chi connectivity index (χ1v) is 17.0. The molecule has 2 aromatic rings. The van der Waals surface area contributed by atoms with Gasteiger partial charge in [0.15, 0.2) is 0 Å². The molecule has 0 saturated heterocycles. The van der Waals surface area contributed by atoms with Gasteiger partial charge in [-0.3, -0.25) is 0 Å². The molecule has 0 heterocycles. The predicted octanol–water partition coefficient (Wildman–Crippen LogP) is 11.6. The van der Waals surface area contributed by atoms with E-state index in [4.69, 9.17) is 0 Å². The zero-order chi connectivity index (χ0) is 27.7. The minimum Gasteiger partial charge on any atom is -0.346 e. The van der Waals surface area contributed by atoms with Crippen molar-refractivity contribution in [2.75, 3.05) is 0 Å². The van der Waals surface area contributed by atoms with Gasteiger partial charge in [-0.05, 0) is 87.9 Å². The molecule has 0 unspecified atom stereocenters. The third-order valence-corrected chi connectivity index (χ3v) is 12.2. The van der Waals surface area contributed by atoms with E-state index in [2.05, 4.69) is 96.7 Å². The van der Waals surface area contributed by atoms with Crippen LogP contribution in [0, 0.1) is 18.8 Å². The van der Waals surface area contributed by atoms with Crippen LogP contribution in [-0.4, -0.2) is 11.3 Å². The maximum Gasteiger partial charge on any atom is 0 e. The van der Waals surface area contributed by atoms with E-state index in [1.807, 2.05) is 0 Å². The van der Waals surface area contributed by atoms with Gasteiger partial charge in [-0.1, -0.05) is 124 Å². The molecule has 225 valence electrons. The number of benzene rings is 2. The summed E-state index contributed by atoms with van der Waals surface area (Å²) in [6, 6.07) is 14.8. The second-order valence-corrected chi connectivity index (χ2v) is 15.2. The van der Waals surface area contributed by atoms with Gasteiger partial charge in [0.25, 0.3) is 0 Å². The van der Waals surface area contributed by atoms with E-state index in [0.717, 1.165) is 11.3 Å². The molecule has 2 aliphatic carbocycles. The molecular formula is C37H54ClPPd-. The van der Waals surface area contributed by atoms with E-state index in [9.17, 15) is 0 Å². The molecule has 2 saturated carbocycles. The monoisotopic (exact) mass is 670 g/mol. The Kier molecular flexibility index (Phi) is 17.4. The molecule has 0 spiro atoms. The average molecular weight is 672 g/mol. The number of rotatable bonds is 7. The van der Waals surface area contributed by atoms with E-state index < -0.39 is 0 Å². The molecule has 0 atom stereocenters. The van der Waals surface area contributed by atoms with Crippen LogP contribution in [0.5, 0.6) is 0 Å². The van der Waals surface area contributed by atoms with E-state index in [0.29, 0.717) is 17.8 Å². The summed E-state index contributed by atoms with van der Waals surface area (Å²) >= 11 is 0. The first-order valence-electron chi connectivity index (χ1n) is 15.5. The molecule has 0 amide bonds. The summed E-state index contributed by atoms with van der Waals surface area (Å²) < 4.78 is 0. The fourth-order valence-corrected chi connectivity index (χ4v) is 10.5. The molecule has 0 nitrogen and oxygen atoms in total. The Balaban J connectivity index is 0.00000125. The van der Waals surface area contributed by atoms with Gasteiger partial charge in [0, 0.05) is 20.4 Å². The van der Waals surface area contributed by atoms with Crippen molar-refractivity contribution in [2.45, 2.75) is 142 Å². The van der Waals surface area contributed by atoms with Crippen LogP contribution in [-0.2, 0) is 20.4 Å². The van der Waals surface area contributed by atoms with Gasteiger partial charge >= 0.3 is 0 Å².